The normalized spacial score (nSPS) is 10.7. The minimum absolute atomic E-state index is 0.0830. The molecule has 0 unspecified atom stereocenters. The molecule has 6 nitrogen and oxygen atoms in total. The summed E-state index contributed by atoms with van der Waals surface area (Å²) in [5, 5.41) is 9.08. The highest BCUT2D eigenvalue weighted by atomic mass is 16.4. The zero-order valence-corrected chi connectivity index (χ0v) is 9.79. The second-order valence-corrected chi connectivity index (χ2v) is 4.03. The van der Waals surface area contributed by atoms with Crippen molar-refractivity contribution >= 4 is 23.0 Å². The minimum atomic E-state index is -1.05. The smallest absolute Gasteiger partial charge is 0.339 e. The number of nitrogens with zero attached hydrogens (tertiary/aromatic N) is 2. The molecule has 2 aromatic heterocycles. The molecule has 0 aliphatic carbocycles. The van der Waals surface area contributed by atoms with Crippen LogP contribution in [0.3, 0.4) is 0 Å². The first kappa shape index (κ1) is 11.2. The Morgan fingerprint density at radius 2 is 1.95 bits per heavy atom. The third kappa shape index (κ3) is 1.79. The molecule has 19 heavy (non-hydrogen) atoms. The Balaban J connectivity index is 2.28. The van der Waals surface area contributed by atoms with E-state index in [4.69, 9.17) is 10.8 Å². The lowest BCUT2D eigenvalue weighted by molar-refractivity contribution is 0.0699. The maximum absolute atomic E-state index is 11.1. The molecule has 4 N–H and O–H groups in total. The van der Waals surface area contributed by atoms with Crippen LogP contribution in [0.1, 0.15) is 10.4 Å². The predicted molar refractivity (Wildman–Crippen MR) is 70.7 cm³/mol. The van der Waals surface area contributed by atoms with E-state index in [1.807, 2.05) is 30.3 Å². The summed E-state index contributed by atoms with van der Waals surface area (Å²) in [5.41, 5.74) is 7.90. The van der Waals surface area contributed by atoms with Crippen molar-refractivity contribution in [1.82, 2.24) is 15.0 Å². The summed E-state index contributed by atoms with van der Waals surface area (Å²) in [6, 6.07) is 9.29. The van der Waals surface area contributed by atoms with Gasteiger partial charge in [-0.3, -0.25) is 0 Å². The van der Waals surface area contributed by atoms with Gasteiger partial charge in [0.05, 0.1) is 0 Å². The molecule has 6 heteroatoms. The number of nitrogens with one attached hydrogen (secondary N) is 1. The maximum Gasteiger partial charge on any atom is 0.339 e. The van der Waals surface area contributed by atoms with E-state index in [9.17, 15) is 4.79 Å². The van der Waals surface area contributed by atoms with Crippen LogP contribution >= 0.6 is 0 Å². The van der Waals surface area contributed by atoms with E-state index in [0.717, 1.165) is 5.56 Å². The molecule has 94 valence electrons. The van der Waals surface area contributed by atoms with E-state index in [2.05, 4.69) is 15.0 Å². The van der Waals surface area contributed by atoms with E-state index < -0.39 is 5.97 Å². The van der Waals surface area contributed by atoms with Crippen LogP contribution in [0.5, 0.6) is 0 Å². The average molecular weight is 254 g/mol. The monoisotopic (exact) mass is 254 g/mol. The molecule has 3 aromatic rings. The summed E-state index contributed by atoms with van der Waals surface area (Å²) in [5.74, 6) is -0.790. The van der Waals surface area contributed by atoms with Crippen LogP contribution < -0.4 is 5.73 Å². The number of carboxylic acids is 1. The summed E-state index contributed by atoms with van der Waals surface area (Å²) in [6.45, 7) is 0. The maximum atomic E-state index is 11.1. The number of nitrogens with two attached hydrogens (primary N) is 1. The molecule has 3 rings (SSSR count). The molecular weight excluding hydrogens is 244 g/mol. The molecule has 0 atom stereocenters. The van der Waals surface area contributed by atoms with Gasteiger partial charge in [0.2, 0.25) is 0 Å². The highest BCUT2D eigenvalue weighted by Crippen LogP contribution is 2.25. The van der Waals surface area contributed by atoms with Crippen LogP contribution in [0.2, 0.25) is 0 Å². The molecule has 0 amide bonds. The predicted octanol–water partition coefficient (Wildman–Crippen LogP) is 1.91. The minimum Gasteiger partial charge on any atom is -0.478 e. The average Bonchev–Trinajstić information content (AvgIpc) is 2.81. The molecule has 0 fully saturated rings. The number of rotatable bonds is 2. The second-order valence-electron chi connectivity index (χ2n) is 4.03. The highest BCUT2D eigenvalue weighted by molar-refractivity contribution is 6.01. The first-order chi connectivity index (χ1) is 9.16. The third-order valence-corrected chi connectivity index (χ3v) is 2.81. The largest absolute Gasteiger partial charge is 0.478 e. The van der Waals surface area contributed by atoms with Crippen LogP contribution in [0.4, 0.5) is 5.82 Å². The first-order valence-corrected chi connectivity index (χ1v) is 5.60. The number of carbonyl (C=O) groups is 1. The van der Waals surface area contributed by atoms with Crippen molar-refractivity contribution < 1.29 is 9.90 Å². The fraction of sp³-hybridized carbons (Fsp3) is 0. The van der Waals surface area contributed by atoms with Gasteiger partial charge in [-0.2, -0.15) is 0 Å². The fourth-order valence-corrected chi connectivity index (χ4v) is 1.92. The molecule has 2 heterocycles. The molecule has 1 aromatic carbocycles. The Labute approximate surface area is 107 Å². The van der Waals surface area contributed by atoms with Gasteiger partial charge in [-0.25, -0.2) is 14.8 Å². The Morgan fingerprint density at radius 1 is 1.21 bits per heavy atom. The van der Waals surface area contributed by atoms with Crippen LogP contribution in [-0.4, -0.2) is 26.0 Å². The molecule has 0 spiro atoms. The van der Waals surface area contributed by atoms with Crippen LogP contribution in [-0.2, 0) is 0 Å². The third-order valence-electron chi connectivity index (χ3n) is 2.81. The highest BCUT2D eigenvalue weighted by Gasteiger charge is 2.16. The van der Waals surface area contributed by atoms with Crippen molar-refractivity contribution in [2.24, 2.45) is 0 Å². The lowest BCUT2D eigenvalue weighted by Gasteiger charge is -2.04. The van der Waals surface area contributed by atoms with Crippen molar-refractivity contribution in [3.63, 3.8) is 0 Å². The number of aromatic nitrogens is 3. The Kier molecular flexibility index (Phi) is 2.42. The number of hydrogen-bond donors (Lipinski definition) is 3. The Hall–Kier alpha value is -2.89. The van der Waals surface area contributed by atoms with Gasteiger partial charge in [-0.1, -0.05) is 30.3 Å². The van der Waals surface area contributed by atoms with Crippen molar-refractivity contribution in [2.45, 2.75) is 0 Å². The van der Waals surface area contributed by atoms with Crippen molar-refractivity contribution in [3.8, 4) is 11.3 Å². The number of aromatic amines is 1. The van der Waals surface area contributed by atoms with Gasteiger partial charge < -0.3 is 15.8 Å². The summed E-state index contributed by atoms with van der Waals surface area (Å²) in [6.07, 6.45) is 1.36. The fourth-order valence-electron chi connectivity index (χ4n) is 1.92. The number of fused-ring (bicyclic) bond motifs is 1. The topological polar surface area (TPSA) is 105 Å². The SMILES string of the molecule is Nc1nc2[nH]cc(C(=O)O)c2nc1-c1ccccc1. The summed E-state index contributed by atoms with van der Waals surface area (Å²) in [7, 11) is 0. The summed E-state index contributed by atoms with van der Waals surface area (Å²) in [4.78, 5) is 22.3. The number of H-pyrrole nitrogens is 1. The van der Waals surface area contributed by atoms with E-state index in [-0.39, 0.29) is 11.4 Å². The second kappa shape index (κ2) is 4.09. The molecule has 0 bridgehead atoms. The molecule has 0 saturated carbocycles. The first-order valence-electron chi connectivity index (χ1n) is 5.60. The van der Waals surface area contributed by atoms with Crippen molar-refractivity contribution in [3.05, 3.63) is 42.1 Å². The van der Waals surface area contributed by atoms with E-state index >= 15 is 0 Å². The van der Waals surface area contributed by atoms with E-state index in [1.165, 1.54) is 6.20 Å². The van der Waals surface area contributed by atoms with Gasteiger partial charge in [0.1, 0.15) is 16.8 Å². The van der Waals surface area contributed by atoms with Crippen LogP contribution in [0.25, 0.3) is 22.4 Å². The number of nitrogen functional groups attached to an aromatic ring is 1. The number of carboxylic acid groups (broad SMARTS) is 1. The van der Waals surface area contributed by atoms with Gasteiger partial charge in [0, 0.05) is 11.8 Å². The van der Waals surface area contributed by atoms with Gasteiger partial charge >= 0.3 is 5.97 Å². The zero-order valence-electron chi connectivity index (χ0n) is 9.79. The van der Waals surface area contributed by atoms with Gasteiger partial charge in [0.25, 0.3) is 0 Å². The molecule has 0 radical (unpaired) electrons. The Morgan fingerprint density at radius 3 is 2.63 bits per heavy atom. The van der Waals surface area contributed by atoms with Crippen molar-refractivity contribution in [1.29, 1.82) is 0 Å². The molecular formula is C13H10N4O2. The molecule has 0 saturated heterocycles. The van der Waals surface area contributed by atoms with Gasteiger partial charge in [0.15, 0.2) is 11.5 Å². The number of benzene rings is 1. The lowest BCUT2D eigenvalue weighted by Crippen LogP contribution is -2.00. The van der Waals surface area contributed by atoms with E-state index in [1.54, 1.807) is 0 Å². The van der Waals surface area contributed by atoms with Crippen molar-refractivity contribution in [2.75, 3.05) is 5.73 Å². The van der Waals surface area contributed by atoms with Gasteiger partial charge in [-0.15, -0.1) is 0 Å². The number of hydrogen-bond acceptors (Lipinski definition) is 4. The van der Waals surface area contributed by atoms with Gasteiger partial charge in [-0.05, 0) is 0 Å². The molecule has 0 aliphatic rings. The number of anilines is 1. The van der Waals surface area contributed by atoms with Crippen LogP contribution in [0, 0.1) is 0 Å². The van der Waals surface area contributed by atoms with E-state index in [0.29, 0.717) is 16.9 Å². The Bertz CT molecular complexity index is 765. The zero-order chi connectivity index (χ0) is 13.4. The summed E-state index contributed by atoms with van der Waals surface area (Å²) < 4.78 is 0. The van der Waals surface area contributed by atoms with Crippen LogP contribution in [0.15, 0.2) is 36.5 Å². The molecule has 0 aliphatic heterocycles. The standard InChI is InChI=1S/C13H10N4O2/c14-11-9(7-4-2-1-3-5-7)16-10-8(13(18)19)6-15-12(10)17-11/h1-6H,(H,18,19)(H3,14,15,17). The lowest BCUT2D eigenvalue weighted by atomic mass is 10.1. The quantitative estimate of drug-likeness (QED) is 0.647. The summed E-state index contributed by atoms with van der Waals surface area (Å²) >= 11 is 0. The number of aromatic carboxylic acids is 1.